The number of benzene rings is 1. The summed E-state index contributed by atoms with van der Waals surface area (Å²) < 4.78 is 15.6. The van der Waals surface area contributed by atoms with Crippen molar-refractivity contribution in [1.29, 1.82) is 0 Å². The third kappa shape index (κ3) is 4.37. The number of nitrogens with one attached hydrogen (secondary N) is 1. The molecule has 0 bridgehead atoms. The summed E-state index contributed by atoms with van der Waals surface area (Å²) in [5, 5.41) is 2.76. The van der Waals surface area contributed by atoms with E-state index in [0.717, 1.165) is 5.75 Å². The maximum Gasteiger partial charge on any atom is 0.252 e. The van der Waals surface area contributed by atoms with E-state index in [0.29, 0.717) is 30.3 Å². The number of nitrogens with zero attached hydrogens (tertiary/aromatic N) is 1. The van der Waals surface area contributed by atoms with Crippen LogP contribution in [-0.2, 0) is 0 Å². The van der Waals surface area contributed by atoms with Crippen molar-refractivity contribution in [3.63, 3.8) is 0 Å². The van der Waals surface area contributed by atoms with Gasteiger partial charge in [0.05, 0.1) is 26.3 Å². The molecule has 22 heavy (non-hydrogen) atoms. The predicted molar refractivity (Wildman–Crippen MR) is 81.6 cm³/mol. The Balaban J connectivity index is 1.76. The molecule has 1 aromatic carbocycles. The molecule has 1 aromatic heterocycles. The Hall–Kier alpha value is -2.76. The average Bonchev–Trinajstić information content (AvgIpc) is 2.58. The molecule has 2 aromatic rings. The number of hydrogen-bond donors (Lipinski definition) is 1. The van der Waals surface area contributed by atoms with E-state index in [1.54, 1.807) is 25.3 Å². The molecule has 0 radical (unpaired) electrons. The van der Waals surface area contributed by atoms with Gasteiger partial charge in [-0.2, -0.15) is 0 Å². The molecule has 0 fully saturated rings. The van der Waals surface area contributed by atoms with E-state index in [2.05, 4.69) is 10.3 Å². The molecule has 0 saturated heterocycles. The Morgan fingerprint density at radius 3 is 2.64 bits per heavy atom. The molecule has 1 heterocycles. The Morgan fingerprint density at radius 1 is 1.14 bits per heavy atom. The number of ether oxygens (including phenoxy) is 3. The maximum atomic E-state index is 11.9. The fourth-order valence-electron chi connectivity index (χ4n) is 1.76. The van der Waals surface area contributed by atoms with Gasteiger partial charge in [-0.3, -0.25) is 4.79 Å². The van der Waals surface area contributed by atoms with Gasteiger partial charge in [0.2, 0.25) is 5.88 Å². The summed E-state index contributed by atoms with van der Waals surface area (Å²) >= 11 is 0. The second-order valence-corrected chi connectivity index (χ2v) is 4.37. The van der Waals surface area contributed by atoms with Crippen LogP contribution in [-0.4, -0.2) is 38.3 Å². The van der Waals surface area contributed by atoms with Crippen LogP contribution >= 0.6 is 0 Å². The standard InChI is InChI=1S/C16H18N2O4/c1-20-13-4-3-5-14(10-13)22-9-8-17-16(19)12-6-7-15(21-2)18-11-12/h3-7,10-11H,8-9H2,1-2H3,(H,17,19). The van der Waals surface area contributed by atoms with E-state index in [1.807, 2.05) is 18.2 Å². The zero-order valence-electron chi connectivity index (χ0n) is 12.5. The minimum atomic E-state index is -0.204. The highest BCUT2D eigenvalue weighted by Crippen LogP contribution is 2.18. The van der Waals surface area contributed by atoms with Crippen LogP contribution < -0.4 is 19.5 Å². The SMILES string of the molecule is COc1cccc(OCCNC(=O)c2ccc(OC)nc2)c1. The number of pyridine rings is 1. The summed E-state index contributed by atoms with van der Waals surface area (Å²) in [6.45, 7) is 0.755. The molecule has 116 valence electrons. The Bertz CT molecular complexity index is 614. The zero-order valence-corrected chi connectivity index (χ0v) is 12.5. The van der Waals surface area contributed by atoms with Crippen molar-refractivity contribution in [2.75, 3.05) is 27.4 Å². The van der Waals surface area contributed by atoms with E-state index < -0.39 is 0 Å². The minimum Gasteiger partial charge on any atom is -0.497 e. The number of methoxy groups -OCH3 is 2. The first-order valence-electron chi connectivity index (χ1n) is 6.78. The smallest absolute Gasteiger partial charge is 0.252 e. The summed E-state index contributed by atoms with van der Waals surface area (Å²) in [6, 6.07) is 10.6. The highest BCUT2D eigenvalue weighted by molar-refractivity contribution is 5.93. The second kappa shape index (κ2) is 7.87. The van der Waals surface area contributed by atoms with Crippen LogP contribution in [0.1, 0.15) is 10.4 Å². The van der Waals surface area contributed by atoms with Crippen LogP contribution in [0.5, 0.6) is 17.4 Å². The van der Waals surface area contributed by atoms with Crippen molar-refractivity contribution in [3.05, 3.63) is 48.2 Å². The number of aromatic nitrogens is 1. The number of carbonyl (C=O) groups excluding carboxylic acids is 1. The van der Waals surface area contributed by atoms with Crippen molar-refractivity contribution in [3.8, 4) is 17.4 Å². The molecule has 0 aliphatic carbocycles. The first-order valence-corrected chi connectivity index (χ1v) is 6.78. The normalized spacial score (nSPS) is 9.91. The molecule has 1 amide bonds. The van der Waals surface area contributed by atoms with Crippen molar-refractivity contribution >= 4 is 5.91 Å². The predicted octanol–water partition coefficient (Wildman–Crippen LogP) is 1.91. The van der Waals surface area contributed by atoms with Crippen LogP contribution in [0.2, 0.25) is 0 Å². The zero-order chi connectivity index (χ0) is 15.8. The topological polar surface area (TPSA) is 69.7 Å². The molecule has 0 spiro atoms. The fourth-order valence-corrected chi connectivity index (χ4v) is 1.76. The van der Waals surface area contributed by atoms with Gasteiger partial charge < -0.3 is 19.5 Å². The lowest BCUT2D eigenvalue weighted by Crippen LogP contribution is -2.28. The molecular formula is C16H18N2O4. The lowest BCUT2D eigenvalue weighted by molar-refractivity contribution is 0.0946. The number of rotatable bonds is 7. The first kappa shape index (κ1) is 15.6. The molecule has 0 atom stereocenters. The van der Waals surface area contributed by atoms with Crippen LogP contribution in [0.3, 0.4) is 0 Å². The maximum absolute atomic E-state index is 11.9. The highest BCUT2D eigenvalue weighted by Gasteiger charge is 2.05. The summed E-state index contributed by atoms with van der Waals surface area (Å²) in [4.78, 5) is 15.9. The van der Waals surface area contributed by atoms with Crippen molar-refractivity contribution in [1.82, 2.24) is 10.3 Å². The van der Waals surface area contributed by atoms with Gasteiger partial charge in [0.1, 0.15) is 18.1 Å². The van der Waals surface area contributed by atoms with Crippen LogP contribution in [0.4, 0.5) is 0 Å². The molecule has 6 nitrogen and oxygen atoms in total. The molecular weight excluding hydrogens is 284 g/mol. The van der Waals surface area contributed by atoms with E-state index in [9.17, 15) is 4.79 Å². The number of hydrogen-bond acceptors (Lipinski definition) is 5. The van der Waals surface area contributed by atoms with E-state index in [1.165, 1.54) is 13.3 Å². The van der Waals surface area contributed by atoms with E-state index in [4.69, 9.17) is 14.2 Å². The summed E-state index contributed by atoms with van der Waals surface area (Å²) in [5.41, 5.74) is 0.474. The molecule has 0 aliphatic rings. The molecule has 6 heteroatoms. The third-order valence-corrected chi connectivity index (χ3v) is 2.91. The Morgan fingerprint density at radius 2 is 1.95 bits per heavy atom. The molecule has 0 unspecified atom stereocenters. The molecule has 0 saturated carbocycles. The van der Waals surface area contributed by atoms with E-state index in [-0.39, 0.29) is 5.91 Å². The number of amides is 1. The van der Waals surface area contributed by atoms with Crippen molar-refractivity contribution < 1.29 is 19.0 Å². The minimum absolute atomic E-state index is 0.204. The van der Waals surface area contributed by atoms with Crippen LogP contribution in [0.15, 0.2) is 42.6 Å². The number of carbonyl (C=O) groups is 1. The quantitative estimate of drug-likeness (QED) is 0.791. The monoisotopic (exact) mass is 302 g/mol. The van der Waals surface area contributed by atoms with Gasteiger partial charge in [-0.1, -0.05) is 6.07 Å². The molecule has 0 aliphatic heterocycles. The summed E-state index contributed by atoms with van der Waals surface area (Å²) in [7, 11) is 3.13. The van der Waals surface area contributed by atoms with Gasteiger partial charge in [-0.15, -0.1) is 0 Å². The molecule has 2 rings (SSSR count). The largest absolute Gasteiger partial charge is 0.497 e. The van der Waals surface area contributed by atoms with Crippen LogP contribution in [0.25, 0.3) is 0 Å². The summed E-state index contributed by atoms with van der Waals surface area (Å²) in [6.07, 6.45) is 1.47. The van der Waals surface area contributed by atoms with Crippen LogP contribution in [0, 0.1) is 0 Å². The van der Waals surface area contributed by atoms with Gasteiger partial charge in [0.25, 0.3) is 5.91 Å². The van der Waals surface area contributed by atoms with Gasteiger partial charge in [-0.05, 0) is 18.2 Å². The van der Waals surface area contributed by atoms with Gasteiger partial charge >= 0.3 is 0 Å². The van der Waals surface area contributed by atoms with Crippen molar-refractivity contribution in [2.24, 2.45) is 0 Å². The van der Waals surface area contributed by atoms with Crippen molar-refractivity contribution in [2.45, 2.75) is 0 Å². The van der Waals surface area contributed by atoms with E-state index >= 15 is 0 Å². The van der Waals surface area contributed by atoms with Gasteiger partial charge in [0, 0.05) is 18.3 Å². The Kier molecular flexibility index (Phi) is 5.59. The average molecular weight is 302 g/mol. The Labute approximate surface area is 129 Å². The second-order valence-electron chi connectivity index (χ2n) is 4.37. The molecule has 1 N–H and O–H groups in total. The van der Waals surface area contributed by atoms with Gasteiger partial charge in [0.15, 0.2) is 0 Å². The first-order chi connectivity index (χ1) is 10.7. The third-order valence-electron chi connectivity index (χ3n) is 2.91. The lowest BCUT2D eigenvalue weighted by Gasteiger charge is -2.09. The van der Waals surface area contributed by atoms with Gasteiger partial charge in [-0.25, -0.2) is 4.98 Å². The highest BCUT2D eigenvalue weighted by atomic mass is 16.5. The fraction of sp³-hybridized carbons (Fsp3) is 0.250. The summed E-state index contributed by atoms with van der Waals surface area (Å²) in [5.74, 6) is 1.69. The lowest BCUT2D eigenvalue weighted by atomic mass is 10.2.